The molecule has 6 nitrogen and oxygen atoms in total. The molecule has 5 rings (SSSR count). The molecular formula is C23H23NaO6. The van der Waals surface area contributed by atoms with Crippen LogP contribution in [0.2, 0.25) is 0 Å². The van der Waals surface area contributed by atoms with Gasteiger partial charge >= 0.3 is 29.6 Å². The van der Waals surface area contributed by atoms with Crippen LogP contribution in [0.1, 0.15) is 34.3 Å². The molecule has 0 saturated carbocycles. The molecule has 0 radical (unpaired) electrons. The third-order valence-corrected chi connectivity index (χ3v) is 5.87. The summed E-state index contributed by atoms with van der Waals surface area (Å²) < 4.78 is 29.0. The van der Waals surface area contributed by atoms with Gasteiger partial charge in [-0.15, -0.1) is 0 Å². The number of hydrogen-bond acceptors (Lipinski definition) is 6. The zero-order valence-corrected chi connectivity index (χ0v) is 16.6. The minimum atomic E-state index is -0.455. The van der Waals surface area contributed by atoms with Crippen molar-refractivity contribution in [3.63, 3.8) is 0 Å². The van der Waals surface area contributed by atoms with Crippen molar-refractivity contribution in [3.05, 3.63) is 53.1 Å². The average molecular weight is 418 g/mol. The molecule has 0 saturated heterocycles. The molecule has 0 amide bonds. The molecule has 0 fully saturated rings. The van der Waals surface area contributed by atoms with Crippen molar-refractivity contribution in [2.24, 2.45) is 0 Å². The molecule has 30 heavy (non-hydrogen) atoms. The van der Waals surface area contributed by atoms with E-state index in [1.54, 1.807) is 26.4 Å². The Kier molecular flexibility index (Phi) is 5.51. The Hall–Kier alpha value is -2.15. The van der Waals surface area contributed by atoms with Crippen LogP contribution < -0.4 is 23.7 Å². The Morgan fingerprint density at radius 1 is 1.10 bits per heavy atom. The first-order valence-electron chi connectivity index (χ1n) is 9.59. The van der Waals surface area contributed by atoms with Crippen molar-refractivity contribution in [2.45, 2.75) is 31.5 Å². The summed E-state index contributed by atoms with van der Waals surface area (Å²) in [4.78, 5) is 13.5. The van der Waals surface area contributed by atoms with Gasteiger partial charge in [-0.1, -0.05) is 6.58 Å². The van der Waals surface area contributed by atoms with E-state index in [2.05, 4.69) is 6.58 Å². The van der Waals surface area contributed by atoms with Gasteiger partial charge in [-0.3, -0.25) is 4.79 Å². The predicted octanol–water partition coefficient (Wildman–Crippen LogP) is 3.05. The topological polar surface area (TPSA) is 63.2 Å². The molecule has 3 atom stereocenters. The number of carbonyl (C=O) groups excluding carboxylic acids is 1. The summed E-state index contributed by atoms with van der Waals surface area (Å²) in [6, 6.07) is 7.23. The maximum absolute atomic E-state index is 13.5. The second kappa shape index (κ2) is 7.84. The minimum absolute atomic E-state index is 0. The first-order valence-corrected chi connectivity index (χ1v) is 9.59. The second-order valence-corrected chi connectivity index (χ2v) is 7.63. The van der Waals surface area contributed by atoms with Crippen LogP contribution in [0, 0.1) is 0 Å². The Morgan fingerprint density at radius 3 is 2.53 bits per heavy atom. The predicted molar refractivity (Wildman–Crippen MR) is 113 cm³/mol. The van der Waals surface area contributed by atoms with E-state index in [0.717, 1.165) is 22.4 Å². The van der Waals surface area contributed by atoms with E-state index in [4.69, 9.17) is 23.7 Å². The van der Waals surface area contributed by atoms with Crippen LogP contribution >= 0.6 is 0 Å². The molecular weight excluding hydrogens is 395 g/mol. The number of carbonyl (C=O) groups is 1. The van der Waals surface area contributed by atoms with Gasteiger partial charge in [0.15, 0.2) is 17.3 Å². The first kappa shape index (κ1) is 21.1. The Morgan fingerprint density at radius 2 is 1.83 bits per heavy atom. The Labute approximate surface area is 197 Å². The van der Waals surface area contributed by atoms with Crippen molar-refractivity contribution in [1.82, 2.24) is 0 Å². The van der Waals surface area contributed by atoms with Crippen LogP contribution in [0.5, 0.6) is 28.7 Å². The van der Waals surface area contributed by atoms with E-state index in [1.807, 2.05) is 19.1 Å². The molecule has 3 aliphatic rings. The van der Waals surface area contributed by atoms with Gasteiger partial charge in [0.2, 0.25) is 0 Å². The van der Waals surface area contributed by atoms with E-state index in [9.17, 15) is 4.79 Å². The molecule has 0 unspecified atom stereocenters. The van der Waals surface area contributed by atoms with Gasteiger partial charge in [0.05, 0.1) is 25.7 Å². The molecule has 2 aromatic carbocycles. The van der Waals surface area contributed by atoms with Crippen molar-refractivity contribution in [1.29, 1.82) is 0 Å². The number of fused-ring (bicyclic) bond motifs is 6. The number of benzene rings is 2. The summed E-state index contributed by atoms with van der Waals surface area (Å²) in [6.45, 7) is 6.22. The molecule has 0 bridgehead atoms. The van der Waals surface area contributed by atoms with Crippen LogP contribution in [0.4, 0.5) is 0 Å². The van der Waals surface area contributed by atoms with Crippen LogP contribution in [0.25, 0.3) is 0 Å². The van der Waals surface area contributed by atoms with Gasteiger partial charge in [-0.2, -0.15) is 0 Å². The Balaban J connectivity index is 0.00000218. The number of Topliss-reactive ketones (excluding diaryl/α,β-unsaturated/α-hetero) is 1. The monoisotopic (exact) mass is 418 g/mol. The molecule has 3 heterocycles. The zero-order valence-electron chi connectivity index (χ0n) is 16.6. The van der Waals surface area contributed by atoms with Crippen molar-refractivity contribution in [2.75, 3.05) is 20.8 Å². The fourth-order valence-electron chi connectivity index (χ4n) is 4.34. The molecule has 0 spiro atoms. The average Bonchev–Trinajstić information content (AvgIpc) is 3.17. The number of hydrogen-bond donors (Lipinski definition) is 0. The molecule has 0 aliphatic carbocycles. The molecule has 3 aliphatic heterocycles. The number of rotatable bonds is 3. The number of ether oxygens (including phenoxy) is 5. The quantitative estimate of drug-likeness (QED) is 0.564. The third kappa shape index (κ3) is 3.09. The van der Waals surface area contributed by atoms with E-state index in [0.29, 0.717) is 35.0 Å². The normalized spacial score (nSPS) is 22.6. The van der Waals surface area contributed by atoms with Gasteiger partial charge in [0, 0.05) is 23.6 Å². The molecule has 0 aromatic heterocycles. The molecule has 0 N–H and O–H groups in total. The first-order chi connectivity index (χ1) is 14.0. The zero-order chi connectivity index (χ0) is 20.3. The van der Waals surface area contributed by atoms with Gasteiger partial charge < -0.3 is 23.7 Å². The van der Waals surface area contributed by atoms with Crippen molar-refractivity contribution >= 4 is 35.3 Å². The van der Waals surface area contributed by atoms with Crippen LogP contribution in [-0.4, -0.2) is 68.4 Å². The second-order valence-electron chi connectivity index (χ2n) is 7.63. The summed E-state index contributed by atoms with van der Waals surface area (Å²) >= 11 is 0. The molecule has 2 aromatic rings. The molecule has 7 heteroatoms. The summed E-state index contributed by atoms with van der Waals surface area (Å²) in [5.74, 6) is 2.68. The number of ketones is 1. The van der Waals surface area contributed by atoms with Crippen LogP contribution in [-0.2, 0) is 6.42 Å². The fourth-order valence-corrected chi connectivity index (χ4v) is 4.34. The van der Waals surface area contributed by atoms with E-state index in [1.165, 1.54) is 0 Å². The van der Waals surface area contributed by atoms with Gasteiger partial charge in [0.1, 0.15) is 36.1 Å². The number of methoxy groups -OCH3 is 2. The van der Waals surface area contributed by atoms with E-state index < -0.39 is 12.0 Å². The van der Waals surface area contributed by atoms with Crippen LogP contribution in [0.3, 0.4) is 0 Å². The standard InChI is InChI=1S/C23H22O6.Na.H/c1-11(2)16-8-14-15(28-16)6-5-12-22(24)21-13-7-18(25-3)19(26-4)9-17(13)27-10-20(21)29-23(12)14;;/h5-7,9,16,20-21H,1,8,10H2,2-4H3;;/t16-,20-,21+;;/m1../s1. The van der Waals surface area contributed by atoms with Crippen molar-refractivity contribution in [3.8, 4) is 28.7 Å². The van der Waals surface area contributed by atoms with Gasteiger partial charge in [0.25, 0.3) is 0 Å². The van der Waals surface area contributed by atoms with Crippen LogP contribution in [0.15, 0.2) is 36.4 Å². The van der Waals surface area contributed by atoms with E-state index in [-0.39, 0.29) is 48.1 Å². The molecule has 152 valence electrons. The fraction of sp³-hybridized carbons (Fsp3) is 0.348. The van der Waals surface area contributed by atoms with Crippen molar-refractivity contribution < 1.29 is 28.5 Å². The summed E-state index contributed by atoms with van der Waals surface area (Å²) in [5.41, 5.74) is 3.22. The SMILES string of the molecule is C=C(C)[C@H]1Cc2c(ccc3c2O[C@@H]2COc4cc(OC)c(OC)cc4[C@@H]2C3=O)O1.[NaH]. The maximum atomic E-state index is 13.5. The third-order valence-electron chi connectivity index (χ3n) is 5.87. The summed E-state index contributed by atoms with van der Waals surface area (Å²) in [5, 5.41) is 0. The van der Waals surface area contributed by atoms with Gasteiger partial charge in [-0.05, 0) is 30.7 Å². The Bertz CT molecular complexity index is 1050. The summed E-state index contributed by atoms with van der Waals surface area (Å²) in [7, 11) is 3.14. The van der Waals surface area contributed by atoms with Gasteiger partial charge in [-0.25, -0.2) is 0 Å². The van der Waals surface area contributed by atoms with E-state index >= 15 is 0 Å². The summed E-state index contributed by atoms with van der Waals surface area (Å²) in [6.07, 6.45) is 0.157.